The van der Waals surface area contributed by atoms with E-state index in [1.807, 2.05) is 30.3 Å². The van der Waals surface area contributed by atoms with Crippen molar-refractivity contribution >= 4 is 18.1 Å². The van der Waals surface area contributed by atoms with Crippen LogP contribution in [0.1, 0.15) is 15.9 Å². The summed E-state index contributed by atoms with van der Waals surface area (Å²) in [6.45, 7) is 0.275. The van der Waals surface area contributed by atoms with Crippen molar-refractivity contribution in [2.75, 3.05) is 11.5 Å². The number of nitrogens with two attached hydrogens (primary N) is 2. The predicted octanol–water partition coefficient (Wildman–Crippen LogP) is 1.03. The number of aldehydes is 1. The van der Waals surface area contributed by atoms with E-state index in [-0.39, 0.29) is 29.8 Å². The number of aromatic nitrogens is 2. The summed E-state index contributed by atoms with van der Waals surface area (Å²) in [5.41, 5.74) is 12.1. The third-order valence-electron chi connectivity index (χ3n) is 2.29. The lowest BCUT2D eigenvalue weighted by Gasteiger charge is -2.09. The van der Waals surface area contributed by atoms with Gasteiger partial charge < -0.3 is 16.2 Å². The fourth-order valence-corrected chi connectivity index (χ4v) is 1.43. The highest BCUT2D eigenvalue weighted by molar-refractivity contribution is 5.85. The molecule has 6 heteroatoms. The molecule has 6 nitrogen and oxygen atoms in total. The zero-order valence-corrected chi connectivity index (χ0v) is 9.54. The van der Waals surface area contributed by atoms with Gasteiger partial charge >= 0.3 is 0 Å². The van der Waals surface area contributed by atoms with Crippen LogP contribution in [0.4, 0.5) is 11.8 Å². The average Bonchev–Trinajstić information content (AvgIpc) is 2.37. The van der Waals surface area contributed by atoms with Crippen LogP contribution in [0.5, 0.6) is 5.88 Å². The SMILES string of the molecule is Nc1nc(N)c(C=O)c(OCc2ccccc2)n1. The van der Waals surface area contributed by atoms with Crippen molar-refractivity contribution in [3.63, 3.8) is 0 Å². The lowest BCUT2D eigenvalue weighted by molar-refractivity contribution is 0.111. The maximum atomic E-state index is 10.9. The Morgan fingerprint density at radius 2 is 1.89 bits per heavy atom. The maximum absolute atomic E-state index is 10.9. The normalized spacial score (nSPS) is 10.0. The molecule has 2 rings (SSSR count). The predicted molar refractivity (Wildman–Crippen MR) is 67.0 cm³/mol. The molecule has 0 saturated heterocycles. The van der Waals surface area contributed by atoms with E-state index in [0.29, 0.717) is 6.29 Å². The first-order valence-corrected chi connectivity index (χ1v) is 5.25. The molecule has 18 heavy (non-hydrogen) atoms. The molecule has 0 aliphatic carbocycles. The van der Waals surface area contributed by atoms with Gasteiger partial charge in [-0.15, -0.1) is 0 Å². The monoisotopic (exact) mass is 244 g/mol. The Labute approximate surface area is 104 Å². The van der Waals surface area contributed by atoms with E-state index in [9.17, 15) is 4.79 Å². The molecule has 1 heterocycles. The van der Waals surface area contributed by atoms with Crippen LogP contribution in [0.15, 0.2) is 30.3 Å². The van der Waals surface area contributed by atoms with Crippen LogP contribution >= 0.6 is 0 Å². The van der Waals surface area contributed by atoms with Gasteiger partial charge in [0.15, 0.2) is 6.29 Å². The van der Waals surface area contributed by atoms with E-state index in [2.05, 4.69) is 9.97 Å². The van der Waals surface area contributed by atoms with Crippen molar-refractivity contribution in [1.29, 1.82) is 0 Å². The van der Waals surface area contributed by atoms with Crippen LogP contribution in [0, 0.1) is 0 Å². The Kier molecular flexibility index (Phi) is 3.38. The number of nitrogens with zero attached hydrogens (tertiary/aromatic N) is 2. The largest absolute Gasteiger partial charge is 0.472 e. The summed E-state index contributed by atoms with van der Waals surface area (Å²) in [7, 11) is 0. The summed E-state index contributed by atoms with van der Waals surface area (Å²) < 4.78 is 5.43. The molecular formula is C12H12N4O2. The number of rotatable bonds is 4. The third-order valence-corrected chi connectivity index (χ3v) is 2.29. The van der Waals surface area contributed by atoms with Gasteiger partial charge in [0.25, 0.3) is 0 Å². The molecule has 0 amide bonds. The van der Waals surface area contributed by atoms with E-state index in [0.717, 1.165) is 5.56 Å². The minimum atomic E-state index is -0.0267. The van der Waals surface area contributed by atoms with Gasteiger partial charge in [-0.25, -0.2) is 0 Å². The minimum Gasteiger partial charge on any atom is -0.472 e. The molecule has 4 N–H and O–H groups in total. The number of carbonyl (C=O) groups is 1. The molecule has 0 bridgehead atoms. The van der Waals surface area contributed by atoms with Crippen LogP contribution in [0.2, 0.25) is 0 Å². The van der Waals surface area contributed by atoms with Crippen LogP contribution in [0.3, 0.4) is 0 Å². The molecule has 1 aromatic heterocycles. The first-order chi connectivity index (χ1) is 8.70. The summed E-state index contributed by atoms with van der Waals surface area (Å²) in [5, 5.41) is 0. The Bertz CT molecular complexity index is 558. The zero-order chi connectivity index (χ0) is 13.0. The summed E-state index contributed by atoms with van der Waals surface area (Å²) in [6, 6.07) is 9.48. The van der Waals surface area contributed by atoms with E-state index in [1.54, 1.807) is 0 Å². The van der Waals surface area contributed by atoms with Gasteiger partial charge in [-0.05, 0) is 5.56 Å². The smallest absolute Gasteiger partial charge is 0.231 e. The van der Waals surface area contributed by atoms with Crippen LogP contribution in [-0.2, 0) is 6.61 Å². The first kappa shape index (κ1) is 11.8. The number of carbonyl (C=O) groups excluding carboxylic acids is 1. The maximum Gasteiger partial charge on any atom is 0.231 e. The van der Waals surface area contributed by atoms with Gasteiger partial charge in [0.1, 0.15) is 18.0 Å². The van der Waals surface area contributed by atoms with Gasteiger partial charge in [-0.1, -0.05) is 30.3 Å². The van der Waals surface area contributed by atoms with Crippen LogP contribution < -0.4 is 16.2 Å². The number of hydrogen-bond acceptors (Lipinski definition) is 6. The van der Waals surface area contributed by atoms with Crippen molar-refractivity contribution < 1.29 is 9.53 Å². The Morgan fingerprint density at radius 3 is 2.56 bits per heavy atom. The Hall–Kier alpha value is -2.63. The number of hydrogen-bond donors (Lipinski definition) is 2. The molecule has 0 atom stereocenters. The summed E-state index contributed by atoms with van der Waals surface area (Å²) in [5.74, 6) is 0.0839. The first-order valence-electron chi connectivity index (χ1n) is 5.25. The molecule has 0 saturated carbocycles. The zero-order valence-electron chi connectivity index (χ0n) is 9.54. The standard InChI is InChI=1S/C12H12N4O2/c13-10-9(6-17)11(16-12(14)15-10)18-7-8-4-2-1-3-5-8/h1-6H,7H2,(H4,13,14,15,16). The third kappa shape index (κ3) is 2.54. The molecule has 0 spiro atoms. The number of benzene rings is 1. The van der Waals surface area contributed by atoms with Gasteiger partial charge in [0, 0.05) is 0 Å². The van der Waals surface area contributed by atoms with E-state index < -0.39 is 0 Å². The number of ether oxygens (including phenoxy) is 1. The second kappa shape index (κ2) is 5.13. The molecule has 0 unspecified atom stereocenters. The molecule has 2 aromatic rings. The molecule has 1 aromatic carbocycles. The van der Waals surface area contributed by atoms with Gasteiger partial charge in [0.05, 0.1) is 0 Å². The van der Waals surface area contributed by atoms with Gasteiger partial charge in [-0.2, -0.15) is 9.97 Å². The fraction of sp³-hybridized carbons (Fsp3) is 0.0833. The second-order valence-electron chi connectivity index (χ2n) is 3.58. The molecule has 0 radical (unpaired) electrons. The lowest BCUT2D eigenvalue weighted by Crippen LogP contribution is -2.08. The van der Waals surface area contributed by atoms with Crippen molar-refractivity contribution in [2.24, 2.45) is 0 Å². The summed E-state index contributed by atoms with van der Waals surface area (Å²) in [6.07, 6.45) is 0.551. The summed E-state index contributed by atoms with van der Waals surface area (Å²) >= 11 is 0. The second-order valence-corrected chi connectivity index (χ2v) is 3.58. The molecular weight excluding hydrogens is 232 g/mol. The van der Waals surface area contributed by atoms with E-state index >= 15 is 0 Å². The Morgan fingerprint density at radius 1 is 1.17 bits per heavy atom. The highest BCUT2D eigenvalue weighted by Gasteiger charge is 2.12. The van der Waals surface area contributed by atoms with Crippen LogP contribution in [-0.4, -0.2) is 16.3 Å². The molecule has 0 fully saturated rings. The van der Waals surface area contributed by atoms with E-state index in [1.165, 1.54) is 0 Å². The molecule has 92 valence electrons. The van der Waals surface area contributed by atoms with Crippen molar-refractivity contribution in [1.82, 2.24) is 9.97 Å². The van der Waals surface area contributed by atoms with Crippen LogP contribution in [0.25, 0.3) is 0 Å². The number of nitrogen functional groups attached to an aromatic ring is 2. The van der Waals surface area contributed by atoms with Crippen molar-refractivity contribution in [2.45, 2.75) is 6.61 Å². The lowest BCUT2D eigenvalue weighted by atomic mass is 10.2. The number of anilines is 2. The Balaban J connectivity index is 2.21. The quantitative estimate of drug-likeness (QED) is 0.778. The highest BCUT2D eigenvalue weighted by atomic mass is 16.5. The molecule has 0 aliphatic heterocycles. The highest BCUT2D eigenvalue weighted by Crippen LogP contribution is 2.20. The fourth-order valence-electron chi connectivity index (χ4n) is 1.43. The van der Waals surface area contributed by atoms with Gasteiger partial charge in [0.2, 0.25) is 11.8 Å². The van der Waals surface area contributed by atoms with E-state index in [4.69, 9.17) is 16.2 Å². The van der Waals surface area contributed by atoms with Crippen molar-refractivity contribution in [3.05, 3.63) is 41.5 Å². The molecule has 0 aliphatic rings. The van der Waals surface area contributed by atoms with Gasteiger partial charge in [-0.3, -0.25) is 4.79 Å². The minimum absolute atomic E-state index is 0.0144. The van der Waals surface area contributed by atoms with Crippen molar-refractivity contribution in [3.8, 4) is 5.88 Å². The topological polar surface area (TPSA) is 104 Å². The summed E-state index contributed by atoms with van der Waals surface area (Å²) in [4.78, 5) is 18.4. The average molecular weight is 244 g/mol.